The molecule has 0 radical (unpaired) electrons. The van der Waals surface area contributed by atoms with Crippen LogP contribution in [0.5, 0.6) is 0 Å². The molecule has 0 unspecified atom stereocenters. The highest BCUT2D eigenvalue weighted by atomic mass is 16.5. The lowest BCUT2D eigenvalue weighted by atomic mass is 9.95. The predicted molar refractivity (Wildman–Crippen MR) is 51.9 cm³/mol. The van der Waals surface area contributed by atoms with E-state index in [1.54, 1.807) is 6.08 Å². The quantitative estimate of drug-likeness (QED) is 0.719. The summed E-state index contributed by atoms with van der Waals surface area (Å²) in [5, 5.41) is 3.81. The fraction of sp³-hybridized carbons (Fsp3) is 0.455. The number of rotatable bonds is 2. The Bertz CT molecular complexity index is 376. The summed E-state index contributed by atoms with van der Waals surface area (Å²) in [6.07, 6.45) is 5.15. The Hall–Kier alpha value is -1.38. The molecule has 0 saturated carbocycles. The predicted octanol–water partition coefficient (Wildman–Crippen LogP) is 2.20. The van der Waals surface area contributed by atoms with Crippen molar-refractivity contribution in [3.05, 3.63) is 29.2 Å². The lowest BCUT2D eigenvalue weighted by Crippen LogP contribution is -2.04. The van der Waals surface area contributed by atoms with Crippen LogP contribution in [-0.2, 0) is 11.2 Å². The molecular weight excluding hydrogens is 178 g/mol. The lowest BCUT2D eigenvalue weighted by molar-refractivity contribution is -0.115. The van der Waals surface area contributed by atoms with Gasteiger partial charge in [-0.3, -0.25) is 4.79 Å². The van der Waals surface area contributed by atoms with E-state index in [-0.39, 0.29) is 5.78 Å². The SMILES string of the molecule is Cc1cc(CC2=CC(=O)CCC2)on1. The van der Waals surface area contributed by atoms with Crippen LogP contribution in [0.1, 0.15) is 30.7 Å². The van der Waals surface area contributed by atoms with Crippen molar-refractivity contribution < 1.29 is 9.32 Å². The van der Waals surface area contributed by atoms with Crippen molar-refractivity contribution in [1.82, 2.24) is 5.16 Å². The van der Waals surface area contributed by atoms with Crippen molar-refractivity contribution in [3.63, 3.8) is 0 Å². The smallest absolute Gasteiger partial charge is 0.155 e. The highest BCUT2D eigenvalue weighted by Crippen LogP contribution is 2.19. The van der Waals surface area contributed by atoms with Crippen LogP contribution >= 0.6 is 0 Å². The molecule has 1 aromatic heterocycles. The van der Waals surface area contributed by atoms with Crippen LogP contribution in [0.15, 0.2) is 22.2 Å². The van der Waals surface area contributed by atoms with Crippen molar-refractivity contribution >= 4 is 5.78 Å². The zero-order chi connectivity index (χ0) is 9.97. The van der Waals surface area contributed by atoms with Crippen LogP contribution in [0.3, 0.4) is 0 Å². The summed E-state index contributed by atoms with van der Waals surface area (Å²) in [7, 11) is 0. The maximum atomic E-state index is 11.1. The van der Waals surface area contributed by atoms with E-state index < -0.39 is 0 Å². The number of hydrogen-bond donors (Lipinski definition) is 0. The standard InChI is InChI=1S/C11H13NO2/c1-8-5-11(14-12-8)7-9-3-2-4-10(13)6-9/h5-6H,2-4,7H2,1H3. The van der Waals surface area contributed by atoms with E-state index in [0.29, 0.717) is 6.42 Å². The van der Waals surface area contributed by atoms with E-state index in [4.69, 9.17) is 4.52 Å². The van der Waals surface area contributed by atoms with Crippen LogP contribution in [-0.4, -0.2) is 10.9 Å². The fourth-order valence-corrected chi connectivity index (χ4v) is 1.72. The molecule has 0 amide bonds. The lowest BCUT2D eigenvalue weighted by Gasteiger charge is -2.09. The van der Waals surface area contributed by atoms with Gasteiger partial charge in [-0.15, -0.1) is 0 Å². The van der Waals surface area contributed by atoms with Crippen molar-refractivity contribution in [2.75, 3.05) is 0 Å². The molecular formula is C11H13NO2. The van der Waals surface area contributed by atoms with E-state index in [1.165, 1.54) is 0 Å². The zero-order valence-electron chi connectivity index (χ0n) is 8.25. The molecule has 2 rings (SSSR count). The highest BCUT2D eigenvalue weighted by Gasteiger charge is 2.12. The number of allylic oxidation sites excluding steroid dienone is 2. The Labute approximate surface area is 82.8 Å². The van der Waals surface area contributed by atoms with Crippen molar-refractivity contribution in [2.24, 2.45) is 0 Å². The first-order valence-electron chi connectivity index (χ1n) is 4.88. The molecule has 0 spiro atoms. The van der Waals surface area contributed by atoms with E-state index in [2.05, 4.69) is 5.16 Å². The van der Waals surface area contributed by atoms with Gasteiger partial charge >= 0.3 is 0 Å². The first-order chi connectivity index (χ1) is 6.74. The van der Waals surface area contributed by atoms with Gasteiger partial charge < -0.3 is 4.52 Å². The van der Waals surface area contributed by atoms with Crippen LogP contribution in [0.4, 0.5) is 0 Å². The molecule has 3 heteroatoms. The maximum Gasteiger partial charge on any atom is 0.155 e. The molecule has 3 nitrogen and oxygen atoms in total. The van der Waals surface area contributed by atoms with Gasteiger partial charge in [-0.25, -0.2) is 0 Å². The molecule has 0 bridgehead atoms. The summed E-state index contributed by atoms with van der Waals surface area (Å²) < 4.78 is 5.10. The number of aryl methyl sites for hydroxylation is 1. The van der Waals surface area contributed by atoms with Crippen molar-refractivity contribution in [3.8, 4) is 0 Å². The number of ketones is 1. The molecule has 1 heterocycles. The number of nitrogens with zero attached hydrogens (tertiary/aromatic N) is 1. The second kappa shape index (κ2) is 3.78. The third-order valence-corrected chi connectivity index (χ3v) is 2.36. The average Bonchev–Trinajstić information content (AvgIpc) is 2.51. The molecule has 14 heavy (non-hydrogen) atoms. The maximum absolute atomic E-state index is 11.1. The second-order valence-corrected chi connectivity index (χ2v) is 3.73. The van der Waals surface area contributed by atoms with Gasteiger partial charge in [0.25, 0.3) is 0 Å². The molecule has 1 aliphatic carbocycles. The average molecular weight is 191 g/mol. The normalized spacial score (nSPS) is 16.9. The van der Waals surface area contributed by atoms with Crippen LogP contribution in [0.25, 0.3) is 0 Å². The van der Waals surface area contributed by atoms with Gasteiger partial charge in [0.05, 0.1) is 5.69 Å². The summed E-state index contributed by atoms with van der Waals surface area (Å²) in [5.74, 6) is 1.09. The molecule has 74 valence electrons. The number of aromatic nitrogens is 1. The van der Waals surface area contributed by atoms with Crippen molar-refractivity contribution in [1.29, 1.82) is 0 Å². The van der Waals surface area contributed by atoms with Gasteiger partial charge in [-0.2, -0.15) is 0 Å². The number of hydrogen-bond acceptors (Lipinski definition) is 3. The minimum Gasteiger partial charge on any atom is -0.361 e. The van der Waals surface area contributed by atoms with E-state index in [1.807, 2.05) is 13.0 Å². The highest BCUT2D eigenvalue weighted by molar-refractivity contribution is 5.91. The van der Waals surface area contributed by atoms with Gasteiger partial charge in [0, 0.05) is 18.9 Å². The third-order valence-electron chi connectivity index (χ3n) is 2.36. The van der Waals surface area contributed by atoms with Crippen molar-refractivity contribution in [2.45, 2.75) is 32.6 Å². The minimum absolute atomic E-state index is 0.238. The first kappa shape index (κ1) is 9.19. The third kappa shape index (κ3) is 2.10. The van der Waals surface area contributed by atoms with Crippen LogP contribution < -0.4 is 0 Å². The summed E-state index contributed by atoms with van der Waals surface area (Å²) in [5.41, 5.74) is 2.06. The van der Waals surface area contributed by atoms with E-state index in [9.17, 15) is 4.79 Å². The van der Waals surface area contributed by atoms with Gasteiger partial charge in [0.2, 0.25) is 0 Å². The first-order valence-corrected chi connectivity index (χ1v) is 4.88. The topological polar surface area (TPSA) is 43.1 Å². The van der Waals surface area contributed by atoms with Gasteiger partial charge in [0.1, 0.15) is 5.76 Å². The molecule has 0 saturated heterocycles. The number of carbonyl (C=O) groups excluding carboxylic acids is 1. The number of carbonyl (C=O) groups is 1. The van der Waals surface area contributed by atoms with E-state index >= 15 is 0 Å². The van der Waals surface area contributed by atoms with Crippen LogP contribution in [0, 0.1) is 6.92 Å². The van der Waals surface area contributed by atoms with Crippen LogP contribution in [0.2, 0.25) is 0 Å². The Balaban J connectivity index is 2.07. The Morgan fingerprint density at radius 2 is 2.36 bits per heavy atom. The molecule has 0 aliphatic heterocycles. The van der Waals surface area contributed by atoms with Gasteiger partial charge in [0.15, 0.2) is 5.78 Å². The minimum atomic E-state index is 0.238. The second-order valence-electron chi connectivity index (χ2n) is 3.73. The molecule has 1 aliphatic rings. The molecule has 0 N–H and O–H groups in total. The Morgan fingerprint density at radius 1 is 1.50 bits per heavy atom. The van der Waals surface area contributed by atoms with Gasteiger partial charge in [-0.1, -0.05) is 10.7 Å². The molecule has 1 aromatic rings. The molecule has 0 fully saturated rings. The largest absolute Gasteiger partial charge is 0.361 e. The summed E-state index contributed by atoms with van der Waals surface area (Å²) in [4.78, 5) is 11.1. The summed E-state index contributed by atoms with van der Waals surface area (Å²) in [6.45, 7) is 1.90. The Morgan fingerprint density at radius 3 is 3.00 bits per heavy atom. The zero-order valence-corrected chi connectivity index (χ0v) is 8.25. The van der Waals surface area contributed by atoms with Gasteiger partial charge in [-0.05, 0) is 25.8 Å². The summed E-state index contributed by atoms with van der Waals surface area (Å²) >= 11 is 0. The monoisotopic (exact) mass is 191 g/mol. The molecule has 0 aromatic carbocycles. The molecule has 0 atom stereocenters. The Kier molecular flexibility index (Phi) is 2.48. The fourth-order valence-electron chi connectivity index (χ4n) is 1.72. The summed E-state index contributed by atoms with van der Waals surface area (Å²) in [6, 6.07) is 1.92. The van der Waals surface area contributed by atoms with E-state index in [0.717, 1.165) is 36.3 Å².